The van der Waals surface area contributed by atoms with Crippen molar-refractivity contribution in [3.63, 3.8) is 0 Å². The molecule has 3 aromatic carbocycles. The first-order chi connectivity index (χ1) is 16.4. The summed E-state index contributed by atoms with van der Waals surface area (Å²) in [5.74, 6) is 0.223. The highest BCUT2D eigenvalue weighted by molar-refractivity contribution is 6.10. The Morgan fingerprint density at radius 1 is 0.971 bits per heavy atom. The minimum Gasteiger partial charge on any atom is -0.495 e. The standard InChI is InChI=1S/C27H25N3O4/c1-18-8-9-19(2)24(14-18)30-27(32)21(16-28)15-20-10-12-22(13-11-20)34-17-26(31)29-23-6-4-5-7-25(23)33-3/h4-15H,17H2,1-3H3,(H,29,31)(H,30,32). The van der Waals surface area contributed by atoms with Crippen LogP contribution in [-0.4, -0.2) is 25.5 Å². The monoisotopic (exact) mass is 455 g/mol. The van der Waals surface area contributed by atoms with Gasteiger partial charge in [0.25, 0.3) is 11.8 Å². The van der Waals surface area contributed by atoms with Crippen LogP contribution in [0.2, 0.25) is 0 Å². The van der Waals surface area contributed by atoms with Crippen LogP contribution in [0.3, 0.4) is 0 Å². The molecule has 0 aromatic heterocycles. The van der Waals surface area contributed by atoms with E-state index in [0.717, 1.165) is 11.1 Å². The van der Waals surface area contributed by atoms with E-state index >= 15 is 0 Å². The predicted molar refractivity (Wildman–Crippen MR) is 132 cm³/mol. The van der Waals surface area contributed by atoms with Gasteiger partial charge in [-0.2, -0.15) is 5.26 Å². The van der Waals surface area contributed by atoms with Crippen molar-refractivity contribution in [2.45, 2.75) is 13.8 Å². The summed E-state index contributed by atoms with van der Waals surface area (Å²) in [5, 5.41) is 15.0. The van der Waals surface area contributed by atoms with Gasteiger partial charge in [0.15, 0.2) is 6.61 Å². The molecular formula is C27H25N3O4. The van der Waals surface area contributed by atoms with Gasteiger partial charge in [0.1, 0.15) is 23.1 Å². The molecule has 0 radical (unpaired) electrons. The molecule has 7 heteroatoms. The third kappa shape index (κ3) is 6.47. The fourth-order valence-corrected chi connectivity index (χ4v) is 3.12. The van der Waals surface area contributed by atoms with Gasteiger partial charge in [0.2, 0.25) is 0 Å². The molecule has 0 atom stereocenters. The highest BCUT2D eigenvalue weighted by atomic mass is 16.5. The quantitative estimate of drug-likeness (QED) is 0.373. The van der Waals surface area contributed by atoms with Crippen LogP contribution in [0.25, 0.3) is 6.08 Å². The summed E-state index contributed by atoms with van der Waals surface area (Å²) in [6.07, 6.45) is 1.50. The number of hydrogen-bond acceptors (Lipinski definition) is 5. The van der Waals surface area contributed by atoms with Crippen molar-refractivity contribution in [1.82, 2.24) is 0 Å². The zero-order chi connectivity index (χ0) is 24.5. The van der Waals surface area contributed by atoms with E-state index in [1.807, 2.05) is 44.2 Å². The van der Waals surface area contributed by atoms with Crippen molar-refractivity contribution in [3.8, 4) is 17.6 Å². The third-order valence-electron chi connectivity index (χ3n) is 4.95. The van der Waals surface area contributed by atoms with Gasteiger partial charge in [-0.15, -0.1) is 0 Å². The molecule has 2 amide bonds. The van der Waals surface area contributed by atoms with Gasteiger partial charge in [-0.05, 0) is 66.9 Å². The molecule has 172 valence electrons. The lowest BCUT2D eigenvalue weighted by Crippen LogP contribution is -2.20. The Morgan fingerprint density at radius 2 is 1.71 bits per heavy atom. The molecule has 0 aliphatic rings. The molecule has 0 heterocycles. The average Bonchev–Trinajstić information content (AvgIpc) is 2.84. The first-order valence-electron chi connectivity index (χ1n) is 10.6. The Morgan fingerprint density at radius 3 is 2.41 bits per heavy atom. The van der Waals surface area contributed by atoms with E-state index in [9.17, 15) is 14.9 Å². The summed E-state index contributed by atoms with van der Waals surface area (Å²) in [5.41, 5.74) is 3.77. The van der Waals surface area contributed by atoms with E-state index in [4.69, 9.17) is 9.47 Å². The van der Waals surface area contributed by atoms with Gasteiger partial charge in [-0.25, -0.2) is 0 Å². The minimum absolute atomic E-state index is 0.0224. The molecule has 3 aromatic rings. The number of amides is 2. The normalized spacial score (nSPS) is 10.7. The summed E-state index contributed by atoms with van der Waals surface area (Å²) < 4.78 is 10.7. The summed E-state index contributed by atoms with van der Waals surface area (Å²) in [6.45, 7) is 3.64. The fraction of sp³-hybridized carbons (Fsp3) is 0.148. The molecular weight excluding hydrogens is 430 g/mol. The maximum Gasteiger partial charge on any atom is 0.266 e. The van der Waals surface area contributed by atoms with Crippen molar-refractivity contribution in [3.05, 3.63) is 89.0 Å². The molecule has 0 aliphatic carbocycles. The number of para-hydroxylation sites is 2. The Bertz CT molecular complexity index is 1260. The van der Waals surface area contributed by atoms with Crippen LogP contribution in [0.15, 0.2) is 72.3 Å². The Balaban J connectivity index is 1.60. The Kier molecular flexibility index (Phi) is 8.03. The van der Waals surface area contributed by atoms with Gasteiger partial charge in [0.05, 0.1) is 12.8 Å². The average molecular weight is 456 g/mol. The van der Waals surface area contributed by atoms with Gasteiger partial charge in [-0.3, -0.25) is 9.59 Å². The molecule has 0 bridgehead atoms. The van der Waals surface area contributed by atoms with E-state index < -0.39 is 5.91 Å². The van der Waals surface area contributed by atoms with Crippen LogP contribution < -0.4 is 20.1 Å². The SMILES string of the molecule is COc1ccccc1NC(=O)COc1ccc(C=C(C#N)C(=O)Nc2cc(C)ccc2C)cc1. The lowest BCUT2D eigenvalue weighted by atomic mass is 10.1. The lowest BCUT2D eigenvalue weighted by molar-refractivity contribution is -0.118. The molecule has 0 saturated heterocycles. The van der Waals surface area contributed by atoms with E-state index in [2.05, 4.69) is 10.6 Å². The second-order valence-electron chi connectivity index (χ2n) is 7.55. The second kappa shape index (κ2) is 11.3. The van der Waals surface area contributed by atoms with Crippen LogP contribution in [0.4, 0.5) is 11.4 Å². The van der Waals surface area contributed by atoms with E-state index in [-0.39, 0.29) is 18.1 Å². The van der Waals surface area contributed by atoms with Gasteiger partial charge in [0, 0.05) is 5.69 Å². The lowest BCUT2D eigenvalue weighted by Gasteiger charge is -2.11. The number of hydrogen-bond donors (Lipinski definition) is 2. The summed E-state index contributed by atoms with van der Waals surface area (Å²) in [6, 6.07) is 21.5. The zero-order valence-corrected chi connectivity index (χ0v) is 19.2. The number of nitrogens with one attached hydrogen (secondary N) is 2. The number of rotatable bonds is 8. The van der Waals surface area contributed by atoms with E-state index in [0.29, 0.717) is 28.4 Å². The summed E-state index contributed by atoms with van der Waals surface area (Å²) in [4.78, 5) is 24.8. The number of ether oxygens (including phenoxy) is 2. The number of nitriles is 1. The molecule has 0 unspecified atom stereocenters. The minimum atomic E-state index is -0.482. The Labute approximate surface area is 198 Å². The molecule has 0 saturated carbocycles. The third-order valence-corrected chi connectivity index (χ3v) is 4.95. The van der Waals surface area contributed by atoms with Crippen molar-refractivity contribution in [2.75, 3.05) is 24.4 Å². The maximum absolute atomic E-state index is 12.6. The van der Waals surface area contributed by atoms with Crippen LogP contribution >= 0.6 is 0 Å². The van der Waals surface area contributed by atoms with Crippen LogP contribution in [0.1, 0.15) is 16.7 Å². The van der Waals surface area contributed by atoms with Crippen LogP contribution in [0, 0.1) is 25.2 Å². The molecule has 2 N–H and O–H groups in total. The van der Waals surface area contributed by atoms with Gasteiger partial charge in [-0.1, -0.05) is 36.4 Å². The first kappa shape index (κ1) is 24.1. The van der Waals surface area contributed by atoms with Gasteiger partial charge < -0.3 is 20.1 Å². The smallest absolute Gasteiger partial charge is 0.266 e. The molecule has 0 aliphatic heterocycles. The van der Waals surface area contributed by atoms with E-state index in [1.54, 1.807) is 42.5 Å². The maximum atomic E-state index is 12.6. The summed E-state index contributed by atoms with van der Waals surface area (Å²) in [7, 11) is 1.53. The number of carbonyl (C=O) groups excluding carboxylic acids is 2. The number of carbonyl (C=O) groups is 2. The zero-order valence-electron chi connectivity index (χ0n) is 19.2. The van der Waals surface area contributed by atoms with Crippen molar-refractivity contribution in [2.24, 2.45) is 0 Å². The molecule has 0 fully saturated rings. The molecule has 7 nitrogen and oxygen atoms in total. The fourth-order valence-electron chi connectivity index (χ4n) is 3.12. The first-order valence-corrected chi connectivity index (χ1v) is 10.6. The van der Waals surface area contributed by atoms with Crippen molar-refractivity contribution < 1.29 is 19.1 Å². The van der Waals surface area contributed by atoms with E-state index in [1.165, 1.54) is 13.2 Å². The van der Waals surface area contributed by atoms with Gasteiger partial charge >= 0.3 is 0 Å². The highest BCUT2D eigenvalue weighted by Gasteiger charge is 2.12. The second-order valence-corrected chi connectivity index (χ2v) is 7.55. The predicted octanol–water partition coefficient (Wildman–Crippen LogP) is 4.88. The molecule has 34 heavy (non-hydrogen) atoms. The van der Waals surface area contributed by atoms with Crippen LogP contribution in [0.5, 0.6) is 11.5 Å². The Hall–Kier alpha value is -4.57. The highest BCUT2D eigenvalue weighted by Crippen LogP contribution is 2.23. The number of nitrogens with zero attached hydrogens (tertiary/aromatic N) is 1. The van der Waals surface area contributed by atoms with Crippen LogP contribution in [-0.2, 0) is 9.59 Å². The topological polar surface area (TPSA) is 100 Å². The molecule has 3 rings (SSSR count). The largest absolute Gasteiger partial charge is 0.495 e. The number of benzene rings is 3. The van der Waals surface area contributed by atoms with Crippen molar-refractivity contribution in [1.29, 1.82) is 5.26 Å². The number of aryl methyl sites for hydroxylation is 2. The molecule has 0 spiro atoms. The summed E-state index contributed by atoms with van der Waals surface area (Å²) >= 11 is 0. The van der Waals surface area contributed by atoms with Crippen molar-refractivity contribution >= 4 is 29.3 Å². The number of methoxy groups -OCH3 is 1. The number of anilines is 2.